The van der Waals surface area contributed by atoms with E-state index in [0.29, 0.717) is 63.1 Å². The SMILES string of the molecule is Cc1c2c(nn1CCCO[Si](C)(C)C(C)(C)C)COCCCCn1c(C(=O)O)c(CCCOc3cccc4ccccc34)c3ccc(Cl)c-2c31. The number of ether oxygens (including phenoxy) is 2. The van der Waals surface area contributed by atoms with E-state index in [1.54, 1.807) is 0 Å². The molecule has 0 amide bonds. The summed E-state index contributed by atoms with van der Waals surface area (Å²) in [4.78, 5) is 13.1. The van der Waals surface area contributed by atoms with Gasteiger partial charge in [-0.05, 0) is 80.2 Å². The first-order valence-corrected chi connectivity index (χ1v) is 21.1. The second kappa shape index (κ2) is 14.9. The van der Waals surface area contributed by atoms with E-state index >= 15 is 0 Å². The molecule has 3 heterocycles. The molecule has 5 aromatic rings. The number of carboxylic acid groups (broad SMARTS) is 1. The Labute approximate surface area is 301 Å². The summed E-state index contributed by atoms with van der Waals surface area (Å²) < 4.78 is 22.9. The van der Waals surface area contributed by atoms with Crippen molar-refractivity contribution in [1.82, 2.24) is 14.3 Å². The van der Waals surface area contributed by atoms with Gasteiger partial charge in [-0.3, -0.25) is 4.68 Å². The molecule has 0 saturated carbocycles. The molecule has 266 valence electrons. The first-order chi connectivity index (χ1) is 23.9. The van der Waals surface area contributed by atoms with Crippen LogP contribution in [0, 0.1) is 6.92 Å². The van der Waals surface area contributed by atoms with E-state index in [-0.39, 0.29) is 5.04 Å². The fourth-order valence-corrected chi connectivity index (χ4v) is 8.19. The van der Waals surface area contributed by atoms with Crippen LogP contribution < -0.4 is 4.74 Å². The minimum atomic E-state index is -1.85. The van der Waals surface area contributed by atoms with Gasteiger partial charge in [-0.15, -0.1) is 0 Å². The Bertz CT molecular complexity index is 2000. The lowest BCUT2D eigenvalue weighted by atomic mass is 9.98. The van der Waals surface area contributed by atoms with Gasteiger partial charge >= 0.3 is 5.97 Å². The second-order valence-corrected chi connectivity index (χ2v) is 20.1. The molecule has 2 aromatic heterocycles. The molecule has 0 aliphatic carbocycles. The number of aryl methyl sites for hydroxylation is 3. The van der Waals surface area contributed by atoms with Gasteiger partial charge in [0.15, 0.2) is 8.32 Å². The van der Waals surface area contributed by atoms with Crippen molar-refractivity contribution in [3.8, 4) is 16.9 Å². The first kappa shape index (κ1) is 36.2. The van der Waals surface area contributed by atoms with Gasteiger partial charge in [0, 0.05) is 53.9 Å². The van der Waals surface area contributed by atoms with Crippen molar-refractivity contribution in [2.75, 3.05) is 19.8 Å². The molecule has 8 nitrogen and oxygen atoms in total. The molecule has 50 heavy (non-hydrogen) atoms. The van der Waals surface area contributed by atoms with Crippen LogP contribution in [-0.2, 0) is 35.3 Å². The molecule has 0 fully saturated rings. The molecule has 0 bridgehead atoms. The van der Waals surface area contributed by atoms with Crippen LogP contribution in [0.4, 0.5) is 0 Å². The maximum absolute atomic E-state index is 13.1. The van der Waals surface area contributed by atoms with Crippen molar-refractivity contribution < 1.29 is 23.8 Å². The minimum absolute atomic E-state index is 0.152. The average Bonchev–Trinajstić information content (AvgIpc) is 3.54. The van der Waals surface area contributed by atoms with Crippen LogP contribution >= 0.6 is 11.6 Å². The number of carboxylic acids is 1. The van der Waals surface area contributed by atoms with Gasteiger partial charge in [-0.25, -0.2) is 4.79 Å². The Morgan fingerprint density at radius 1 is 1.00 bits per heavy atom. The standard InChI is InChI=1S/C40H50ClN3O5Si/c1-27-35-33(42-44(27)22-13-25-49-50(5,6)40(2,3)4)26-47-23-10-9-21-43-37-31(19-20-32(41)36(35)37)30(38(43)39(45)46)17-12-24-48-34-18-11-15-28-14-7-8-16-29(28)34/h7-8,11,14-16,18-20H,9-10,12-13,17,21-26H2,1-6H3,(H,45,46). The number of benzene rings is 3. The maximum atomic E-state index is 13.1. The predicted molar refractivity (Wildman–Crippen MR) is 204 cm³/mol. The Balaban J connectivity index is 1.35. The van der Waals surface area contributed by atoms with Gasteiger partial charge < -0.3 is 23.6 Å². The molecule has 0 atom stereocenters. The highest BCUT2D eigenvalue weighted by molar-refractivity contribution is 6.74. The molecule has 1 N–H and O–H groups in total. The number of fused-ring (bicyclic) bond motifs is 3. The zero-order chi connectivity index (χ0) is 35.6. The maximum Gasteiger partial charge on any atom is 0.352 e. The molecule has 0 radical (unpaired) electrons. The zero-order valence-electron chi connectivity index (χ0n) is 30.3. The highest BCUT2D eigenvalue weighted by atomic mass is 35.5. The molecule has 6 rings (SSSR count). The molecule has 1 aliphatic rings. The third kappa shape index (κ3) is 7.24. The molecular formula is C40H50ClN3O5Si. The van der Waals surface area contributed by atoms with Gasteiger partial charge in [0.1, 0.15) is 11.4 Å². The Hall–Kier alpha value is -3.63. The monoisotopic (exact) mass is 715 g/mol. The van der Waals surface area contributed by atoms with Crippen LogP contribution in [0.1, 0.15) is 73.9 Å². The molecule has 0 spiro atoms. The molecule has 3 aromatic carbocycles. The normalized spacial score (nSPS) is 14.1. The van der Waals surface area contributed by atoms with Crippen LogP contribution in [0.5, 0.6) is 5.75 Å². The number of aromatic nitrogens is 3. The predicted octanol–water partition coefficient (Wildman–Crippen LogP) is 10.1. The second-order valence-electron chi connectivity index (χ2n) is 14.9. The Kier molecular flexibility index (Phi) is 10.8. The number of aromatic carboxylic acids is 1. The summed E-state index contributed by atoms with van der Waals surface area (Å²) >= 11 is 7.11. The fourth-order valence-electron chi connectivity index (χ4n) is 6.86. The smallest absolute Gasteiger partial charge is 0.352 e. The number of nitrogens with zero attached hydrogens (tertiary/aromatic N) is 3. The summed E-state index contributed by atoms with van der Waals surface area (Å²) in [6.45, 7) is 16.7. The molecule has 0 saturated heterocycles. The quantitative estimate of drug-likeness (QED) is 0.108. The highest BCUT2D eigenvalue weighted by Crippen LogP contribution is 2.43. The third-order valence-electron chi connectivity index (χ3n) is 10.5. The summed E-state index contributed by atoms with van der Waals surface area (Å²) in [5.74, 6) is -0.102. The number of halogens is 1. The van der Waals surface area contributed by atoms with Crippen molar-refractivity contribution in [1.29, 1.82) is 0 Å². The number of hydrogen-bond acceptors (Lipinski definition) is 5. The number of carbonyl (C=O) groups is 1. The van der Waals surface area contributed by atoms with Crippen molar-refractivity contribution in [3.05, 3.63) is 82.3 Å². The Morgan fingerprint density at radius 3 is 2.56 bits per heavy atom. The van der Waals surface area contributed by atoms with E-state index in [2.05, 4.69) is 59.0 Å². The van der Waals surface area contributed by atoms with Crippen LogP contribution in [0.3, 0.4) is 0 Å². The molecule has 0 unspecified atom stereocenters. The summed E-state index contributed by atoms with van der Waals surface area (Å²) in [6.07, 6.45) is 3.64. The summed E-state index contributed by atoms with van der Waals surface area (Å²) in [5.41, 5.74) is 5.55. The summed E-state index contributed by atoms with van der Waals surface area (Å²) in [7, 11) is -1.85. The van der Waals surface area contributed by atoms with Gasteiger partial charge in [0.25, 0.3) is 0 Å². The van der Waals surface area contributed by atoms with E-state index in [0.717, 1.165) is 74.8 Å². The van der Waals surface area contributed by atoms with Crippen LogP contribution in [-0.4, -0.2) is 53.6 Å². The lowest BCUT2D eigenvalue weighted by molar-refractivity contribution is 0.0683. The van der Waals surface area contributed by atoms with Crippen molar-refractivity contribution >= 4 is 47.6 Å². The summed E-state index contributed by atoms with van der Waals surface area (Å²) in [6, 6.07) is 18.1. The average molecular weight is 716 g/mol. The van der Waals surface area contributed by atoms with E-state index in [1.165, 1.54) is 0 Å². The zero-order valence-corrected chi connectivity index (χ0v) is 32.0. The topological polar surface area (TPSA) is 87.7 Å². The molecule has 10 heteroatoms. The van der Waals surface area contributed by atoms with Crippen LogP contribution in [0.2, 0.25) is 23.2 Å². The van der Waals surface area contributed by atoms with Crippen molar-refractivity contribution in [2.24, 2.45) is 0 Å². The largest absolute Gasteiger partial charge is 0.493 e. The van der Waals surface area contributed by atoms with E-state index in [4.69, 9.17) is 30.6 Å². The third-order valence-corrected chi connectivity index (χ3v) is 15.4. The van der Waals surface area contributed by atoms with Gasteiger partial charge in [0.05, 0.1) is 29.4 Å². The molecular weight excluding hydrogens is 666 g/mol. The van der Waals surface area contributed by atoms with Crippen LogP contribution in [0.25, 0.3) is 32.8 Å². The van der Waals surface area contributed by atoms with Crippen molar-refractivity contribution in [3.63, 3.8) is 0 Å². The first-order valence-electron chi connectivity index (χ1n) is 17.8. The highest BCUT2D eigenvalue weighted by Gasteiger charge is 2.37. The van der Waals surface area contributed by atoms with E-state index in [1.807, 2.05) is 45.6 Å². The van der Waals surface area contributed by atoms with E-state index < -0.39 is 14.3 Å². The van der Waals surface area contributed by atoms with Crippen molar-refractivity contribution in [2.45, 2.75) is 97.6 Å². The van der Waals surface area contributed by atoms with Crippen LogP contribution in [0.15, 0.2) is 54.6 Å². The fraction of sp³-hybridized carbons (Fsp3) is 0.450. The summed E-state index contributed by atoms with van der Waals surface area (Å²) in [5, 5.41) is 19.6. The van der Waals surface area contributed by atoms with E-state index in [9.17, 15) is 9.90 Å². The lowest BCUT2D eigenvalue weighted by Crippen LogP contribution is -2.41. The Morgan fingerprint density at radius 2 is 1.78 bits per heavy atom. The van der Waals surface area contributed by atoms with Gasteiger partial charge in [-0.1, -0.05) is 74.8 Å². The number of rotatable bonds is 11. The molecule has 1 aliphatic heterocycles. The lowest BCUT2D eigenvalue weighted by Gasteiger charge is -2.36. The van der Waals surface area contributed by atoms with Gasteiger partial charge in [0.2, 0.25) is 0 Å². The van der Waals surface area contributed by atoms with Gasteiger partial charge in [-0.2, -0.15) is 5.10 Å². The minimum Gasteiger partial charge on any atom is -0.493 e. The number of hydrogen-bond donors (Lipinski definition) is 1.